The van der Waals surface area contributed by atoms with Crippen molar-refractivity contribution in [3.63, 3.8) is 0 Å². The first-order valence-electron chi connectivity index (χ1n) is 8.04. The summed E-state index contributed by atoms with van der Waals surface area (Å²) in [6.45, 7) is 2.77. The highest BCUT2D eigenvalue weighted by atomic mass is 19.1. The predicted molar refractivity (Wildman–Crippen MR) is 88.2 cm³/mol. The van der Waals surface area contributed by atoms with E-state index in [9.17, 15) is 14.0 Å². The van der Waals surface area contributed by atoms with Gasteiger partial charge < -0.3 is 19.4 Å². The number of amides is 2. The number of rotatable bonds is 6. The van der Waals surface area contributed by atoms with Gasteiger partial charge in [-0.2, -0.15) is 0 Å². The fourth-order valence-electron chi connectivity index (χ4n) is 2.45. The van der Waals surface area contributed by atoms with Crippen molar-refractivity contribution in [1.29, 1.82) is 0 Å². The molecule has 1 aromatic rings. The van der Waals surface area contributed by atoms with Crippen LogP contribution in [0.2, 0.25) is 0 Å². The van der Waals surface area contributed by atoms with Gasteiger partial charge in [0.25, 0.3) is 5.91 Å². The predicted octanol–water partition coefficient (Wildman–Crippen LogP) is 0.827. The van der Waals surface area contributed by atoms with Crippen LogP contribution in [0, 0.1) is 5.82 Å². The molecule has 1 aliphatic rings. The van der Waals surface area contributed by atoms with E-state index >= 15 is 0 Å². The van der Waals surface area contributed by atoms with Crippen LogP contribution in [-0.2, 0) is 9.59 Å². The minimum Gasteiger partial charge on any atom is -0.484 e. The van der Waals surface area contributed by atoms with Crippen molar-refractivity contribution in [1.82, 2.24) is 14.7 Å². The standard InChI is InChI=1S/C17H24FN3O3/c1-19(2)8-7-16(22)20-9-11-21(12-10-20)17(23)13-24-15-5-3-14(18)4-6-15/h3-6H,7-13H2,1-2H3. The smallest absolute Gasteiger partial charge is 0.260 e. The number of carbonyl (C=O) groups is 2. The summed E-state index contributed by atoms with van der Waals surface area (Å²) in [6, 6.07) is 5.56. The van der Waals surface area contributed by atoms with Crippen LogP contribution in [0.5, 0.6) is 5.75 Å². The van der Waals surface area contributed by atoms with Crippen LogP contribution in [0.25, 0.3) is 0 Å². The van der Waals surface area contributed by atoms with Crippen LogP contribution in [0.15, 0.2) is 24.3 Å². The molecule has 0 spiro atoms. The zero-order valence-electron chi connectivity index (χ0n) is 14.2. The first-order valence-corrected chi connectivity index (χ1v) is 8.04. The maximum atomic E-state index is 12.8. The van der Waals surface area contributed by atoms with Crippen molar-refractivity contribution < 1.29 is 18.7 Å². The second-order valence-corrected chi connectivity index (χ2v) is 6.06. The average Bonchev–Trinajstić information content (AvgIpc) is 2.59. The molecule has 6 nitrogen and oxygen atoms in total. The third-order valence-corrected chi connectivity index (χ3v) is 3.93. The van der Waals surface area contributed by atoms with E-state index in [0.29, 0.717) is 38.3 Å². The van der Waals surface area contributed by atoms with E-state index in [-0.39, 0.29) is 24.2 Å². The maximum absolute atomic E-state index is 12.8. The molecule has 1 fully saturated rings. The van der Waals surface area contributed by atoms with Gasteiger partial charge in [0, 0.05) is 39.1 Å². The van der Waals surface area contributed by atoms with Gasteiger partial charge in [-0.05, 0) is 38.4 Å². The normalized spacial score (nSPS) is 14.8. The van der Waals surface area contributed by atoms with Gasteiger partial charge in [0.15, 0.2) is 6.61 Å². The molecule has 7 heteroatoms. The quantitative estimate of drug-likeness (QED) is 0.771. The Labute approximate surface area is 141 Å². The Morgan fingerprint density at radius 3 is 2.12 bits per heavy atom. The van der Waals surface area contributed by atoms with Gasteiger partial charge >= 0.3 is 0 Å². The van der Waals surface area contributed by atoms with Gasteiger partial charge in [-0.15, -0.1) is 0 Å². The summed E-state index contributed by atoms with van der Waals surface area (Å²) in [6.07, 6.45) is 0.495. The third kappa shape index (κ3) is 5.49. The lowest BCUT2D eigenvalue weighted by Gasteiger charge is -2.35. The van der Waals surface area contributed by atoms with Gasteiger partial charge in [-0.1, -0.05) is 0 Å². The average molecular weight is 337 g/mol. The Bertz CT molecular complexity index is 555. The number of benzene rings is 1. The number of hydrogen-bond acceptors (Lipinski definition) is 4. The highest BCUT2D eigenvalue weighted by molar-refractivity contribution is 5.79. The van der Waals surface area contributed by atoms with Crippen LogP contribution < -0.4 is 4.74 Å². The maximum Gasteiger partial charge on any atom is 0.260 e. The zero-order chi connectivity index (χ0) is 17.5. The van der Waals surface area contributed by atoms with Crippen molar-refractivity contribution in [3.05, 3.63) is 30.1 Å². The van der Waals surface area contributed by atoms with Crippen LogP contribution in [0.4, 0.5) is 4.39 Å². The number of halogens is 1. The molecule has 0 bridgehead atoms. The molecule has 0 unspecified atom stereocenters. The lowest BCUT2D eigenvalue weighted by Crippen LogP contribution is -2.51. The molecule has 0 saturated carbocycles. The molecular weight excluding hydrogens is 313 g/mol. The minimum atomic E-state index is -0.344. The SMILES string of the molecule is CN(C)CCC(=O)N1CCN(C(=O)COc2ccc(F)cc2)CC1. The third-order valence-electron chi connectivity index (χ3n) is 3.93. The summed E-state index contributed by atoms with van der Waals surface area (Å²) in [5.74, 6) is 0.115. The largest absolute Gasteiger partial charge is 0.484 e. The zero-order valence-corrected chi connectivity index (χ0v) is 14.2. The summed E-state index contributed by atoms with van der Waals surface area (Å²) >= 11 is 0. The van der Waals surface area contributed by atoms with Crippen LogP contribution >= 0.6 is 0 Å². The molecule has 0 aromatic heterocycles. The molecule has 1 heterocycles. The molecule has 24 heavy (non-hydrogen) atoms. The van der Waals surface area contributed by atoms with Crippen molar-refractivity contribution in [2.45, 2.75) is 6.42 Å². The number of piperazine rings is 1. The van der Waals surface area contributed by atoms with Gasteiger partial charge in [0.1, 0.15) is 11.6 Å². The molecular formula is C17H24FN3O3. The Morgan fingerprint density at radius 2 is 1.58 bits per heavy atom. The van der Waals surface area contributed by atoms with E-state index in [1.807, 2.05) is 19.0 Å². The molecule has 0 atom stereocenters. The summed E-state index contributed by atoms with van der Waals surface area (Å²) in [5.41, 5.74) is 0. The summed E-state index contributed by atoms with van der Waals surface area (Å²) in [7, 11) is 3.87. The van der Waals surface area contributed by atoms with E-state index in [1.54, 1.807) is 9.80 Å². The molecule has 2 rings (SSSR count). The second-order valence-electron chi connectivity index (χ2n) is 6.06. The Morgan fingerprint density at radius 1 is 1.04 bits per heavy atom. The van der Waals surface area contributed by atoms with Crippen molar-refractivity contribution in [3.8, 4) is 5.75 Å². The summed E-state index contributed by atoms with van der Waals surface area (Å²) in [4.78, 5) is 29.7. The monoisotopic (exact) mass is 337 g/mol. The highest BCUT2D eigenvalue weighted by Gasteiger charge is 2.24. The lowest BCUT2D eigenvalue weighted by atomic mass is 10.2. The molecule has 0 radical (unpaired) electrons. The number of ether oxygens (including phenoxy) is 1. The lowest BCUT2D eigenvalue weighted by molar-refractivity contribution is -0.140. The number of carbonyl (C=O) groups excluding carboxylic acids is 2. The van der Waals surface area contributed by atoms with Crippen LogP contribution in [0.1, 0.15) is 6.42 Å². The van der Waals surface area contributed by atoms with E-state index in [2.05, 4.69) is 0 Å². The van der Waals surface area contributed by atoms with Crippen molar-refractivity contribution in [2.24, 2.45) is 0 Å². The second kappa shape index (κ2) is 8.63. The topological polar surface area (TPSA) is 53.1 Å². The molecule has 0 N–H and O–H groups in total. The highest BCUT2D eigenvalue weighted by Crippen LogP contribution is 2.11. The Kier molecular flexibility index (Phi) is 6.54. The first kappa shape index (κ1) is 18.2. The van der Waals surface area contributed by atoms with Crippen LogP contribution in [0.3, 0.4) is 0 Å². The fourth-order valence-corrected chi connectivity index (χ4v) is 2.45. The molecule has 132 valence electrons. The fraction of sp³-hybridized carbons (Fsp3) is 0.529. The van der Waals surface area contributed by atoms with E-state index < -0.39 is 0 Å². The molecule has 1 saturated heterocycles. The minimum absolute atomic E-state index is 0.0831. The molecule has 0 aliphatic carbocycles. The van der Waals surface area contributed by atoms with E-state index in [4.69, 9.17) is 4.74 Å². The van der Waals surface area contributed by atoms with Crippen molar-refractivity contribution >= 4 is 11.8 Å². The van der Waals surface area contributed by atoms with Gasteiger partial charge in [-0.3, -0.25) is 9.59 Å². The summed E-state index contributed by atoms with van der Waals surface area (Å²) < 4.78 is 18.2. The van der Waals surface area contributed by atoms with E-state index in [1.165, 1.54) is 24.3 Å². The van der Waals surface area contributed by atoms with Gasteiger partial charge in [0.2, 0.25) is 5.91 Å². The number of hydrogen-bond donors (Lipinski definition) is 0. The van der Waals surface area contributed by atoms with E-state index in [0.717, 1.165) is 6.54 Å². The van der Waals surface area contributed by atoms with Crippen LogP contribution in [-0.4, -0.2) is 79.9 Å². The van der Waals surface area contributed by atoms with Gasteiger partial charge in [-0.25, -0.2) is 4.39 Å². The van der Waals surface area contributed by atoms with Gasteiger partial charge in [0.05, 0.1) is 0 Å². The molecule has 1 aromatic carbocycles. The summed E-state index contributed by atoms with van der Waals surface area (Å²) in [5, 5.41) is 0. The van der Waals surface area contributed by atoms with Crippen molar-refractivity contribution in [2.75, 3.05) is 53.4 Å². The Balaban J connectivity index is 1.72. The first-order chi connectivity index (χ1) is 11.5. The molecule has 2 amide bonds. The number of nitrogens with zero attached hydrogens (tertiary/aromatic N) is 3. The Hall–Kier alpha value is -2.15. The molecule has 1 aliphatic heterocycles.